The number of benzene rings is 1. The second-order valence-electron chi connectivity index (χ2n) is 4.05. The number of anilines is 1. The second-order valence-corrected chi connectivity index (χ2v) is 5.31. The lowest BCUT2D eigenvalue weighted by atomic mass is 10.2. The van der Waals surface area contributed by atoms with Gasteiger partial charge in [0.05, 0.1) is 10.7 Å². The molecule has 1 saturated heterocycles. The summed E-state index contributed by atoms with van der Waals surface area (Å²) in [6.07, 6.45) is 0.386. The first kappa shape index (κ1) is 11.9. The first-order chi connectivity index (χ1) is 7.49. The Hall–Kier alpha value is -0.580. The fourth-order valence-electron chi connectivity index (χ4n) is 1.90. The van der Waals surface area contributed by atoms with Gasteiger partial charge in [-0.3, -0.25) is 4.79 Å². The van der Waals surface area contributed by atoms with Gasteiger partial charge in [-0.1, -0.05) is 11.6 Å². The summed E-state index contributed by atoms with van der Waals surface area (Å²) in [7, 11) is 0. The van der Waals surface area contributed by atoms with Gasteiger partial charge < -0.3 is 10.6 Å². The monoisotopic (exact) mass is 302 g/mol. The molecule has 3 nitrogen and oxygen atoms in total. The zero-order chi connectivity index (χ0) is 11.9. The van der Waals surface area contributed by atoms with Crippen LogP contribution in [0.15, 0.2) is 16.6 Å². The molecule has 16 heavy (non-hydrogen) atoms. The first-order valence-corrected chi connectivity index (χ1v) is 6.17. The minimum absolute atomic E-state index is 0.0268. The highest BCUT2D eigenvalue weighted by Crippen LogP contribution is 2.37. The van der Waals surface area contributed by atoms with E-state index in [2.05, 4.69) is 15.9 Å². The topological polar surface area (TPSA) is 46.3 Å². The second kappa shape index (κ2) is 4.35. The van der Waals surface area contributed by atoms with Gasteiger partial charge in [-0.15, -0.1) is 0 Å². The number of carbonyl (C=O) groups excluding carboxylic acids is 1. The Labute approximate surface area is 108 Å². The molecule has 0 spiro atoms. The third-order valence-electron chi connectivity index (χ3n) is 2.59. The molecule has 0 aliphatic carbocycles. The average molecular weight is 304 g/mol. The molecular formula is C11H12BrClN2O. The molecule has 2 rings (SSSR count). The minimum Gasteiger partial charge on any atom is -0.326 e. The fourth-order valence-corrected chi connectivity index (χ4v) is 3.18. The van der Waals surface area contributed by atoms with Gasteiger partial charge in [-0.25, -0.2) is 0 Å². The number of nitrogens with zero attached hydrogens (tertiary/aromatic N) is 1. The summed E-state index contributed by atoms with van der Waals surface area (Å²) < 4.78 is 0.833. The molecule has 2 N–H and O–H groups in total. The smallest absolute Gasteiger partial charge is 0.228 e. The van der Waals surface area contributed by atoms with Crippen LogP contribution in [-0.4, -0.2) is 18.5 Å². The molecule has 1 unspecified atom stereocenters. The summed E-state index contributed by atoms with van der Waals surface area (Å²) in [5, 5.41) is 0.578. The Morgan fingerprint density at radius 1 is 1.56 bits per heavy atom. The van der Waals surface area contributed by atoms with Gasteiger partial charge in [0.15, 0.2) is 0 Å². The van der Waals surface area contributed by atoms with E-state index >= 15 is 0 Å². The zero-order valence-corrected chi connectivity index (χ0v) is 11.2. The van der Waals surface area contributed by atoms with Crippen molar-refractivity contribution in [3.05, 3.63) is 27.2 Å². The van der Waals surface area contributed by atoms with Crippen LogP contribution in [0.5, 0.6) is 0 Å². The van der Waals surface area contributed by atoms with Crippen molar-refractivity contribution in [3.8, 4) is 0 Å². The number of rotatable bonds is 1. The van der Waals surface area contributed by atoms with Crippen LogP contribution in [0.1, 0.15) is 12.0 Å². The molecule has 0 aromatic heterocycles. The molecule has 1 aromatic carbocycles. The van der Waals surface area contributed by atoms with Gasteiger partial charge in [-0.2, -0.15) is 0 Å². The first-order valence-electron chi connectivity index (χ1n) is 5.00. The zero-order valence-electron chi connectivity index (χ0n) is 8.84. The maximum atomic E-state index is 11.7. The molecule has 1 atom stereocenters. The van der Waals surface area contributed by atoms with Crippen molar-refractivity contribution in [1.29, 1.82) is 0 Å². The Balaban J connectivity index is 2.44. The highest BCUT2D eigenvalue weighted by Gasteiger charge is 2.30. The van der Waals surface area contributed by atoms with E-state index in [0.717, 1.165) is 15.7 Å². The molecule has 0 saturated carbocycles. The molecule has 0 bridgehead atoms. The molecule has 5 heteroatoms. The summed E-state index contributed by atoms with van der Waals surface area (Å²) in [5.41, 5.74) is 7.54. The van der Waals surface area contributed by atoms with E-state index in [1.165, 1.54) is 0 Å². The van der Waals surface area contributed by atoms with Gasteiger partial charge in [0.1, 0.15) is 0 Å². The Kier molecular flexibility index (Phi) is 3.24. The third kappa shape index (κ3) is 2.10. The number of carbonyl (C=O) groups is 1. The molecule has 1 heterocycles. The summed E-state index contributed by atoms with van der Waals surface area (Å²) in [5.74, 6) is 0.0268. The standard InChI is InChI=1S/C11H12BrClN2O/c1-6-2-8(12)11(9(13)3-6)15-5-7(14)4-10(15)16/h2-3,7H,4-5,14H2,1H3. The maximum absolute atomic E-state index is 11.7. The molecule has 0 radical (unpaired) electrons. The van der Waals surface area contributed by atoms with Crippen molar-refractivity contribution in [2.24, 2.45) is 5.73 Å². The van der Waals surface area contributed by atoms with Crippen molar-refractivity contribution in [2.75, 3.05) is 11.4 Å². The maximum Gasteiger partial charge on any atom is 0.228 e. The predicted molar refractivity (Wildman–Crippen MR) is 68.8 cm³/mol. The number of hydrogen-bond donors (Lipinski definition) is 1. The van der Waals surface area contributed by atoms with E-state index < -0.39 is 0 Å². The lowest BCUT2D eigenvalue weighted by Gasteiger charge is -2.19. The van der Waals surface area contributed by atoms with Crippen LogP contribution in [0.2, 0.25) is 5.02 Å². The highest BCUT2D eigenvalue weighted by atomic mass is 79.9. The van der Waals surface area contributed by atoms with Gasteiger partial charge in [-0.05, 0) is 40.5 Å². The Bertz CT molecular complexity index is 427. The van der Waals surface area contributed by atoms with Crippen LogP contribution in [0.3, 0.4) is 0 Å². The van der Waals surface area contributed by atoms with Crippen LogP contribution in [0.25, 0.3) is 0 Å². The van der Waals surface area contributed by atoms with E-state index in [-0.39, 0.29) is 11.9 Å². The predicted octanol–water partition coefficient (Wildman–Crippen LogP) is 2.47. The molecule has 86 valence electrons. The summed E-state index contributed by atoms with van der Waals surface area (Å²) >= 11 is 9.60. The van der Waals surface area contributed by atoms with Gasteiger partial charge in [0, 0.05) is 23.5 Å². The van der Waals surface area contributed by atoms with Gasteiger partial charge in [0.25, 0.3) is 0 Å². The number of aryl methyl sites for hydroxylation is 1. The van der Waals surface area contributed by atoms with Crippen LogP contribution in [-0.2, 0) is 4.79 Å². The lowest BCUT2D eigenvalue weighted by molar-refractivity contribution is -0.117. The van der Waals surface area contributed by atoms with Crippen LogP contribution in [0, 0.1) is 6.92 Å². The quantitative estimate of drug-likeness (QED) is 0.866. The van der Waals surface area contributed by atoms with Crippen LogP contribution >= 0.6 is 27.5 Å². The third-order valence-corrected chi connectivity index (χ3v) is 3.48. The lowest BCUT2D eigenvalue weighted by Crippen LogP contribution is -2.28. The normalized spacial score (nSPS) is 20.6. The number of nitrogens with two attached hydrogens (primary N) is 1. The Morgan fingerprint density at radius 2 is 2.25 bits per heavy atom. The van der Waals surface area contributed by atoms with E-state index in [0.29, 0.717) is 18.0 Å². The molecular weight excluding hydrogens is 291 g/mol. The van der Waals surface area contributed by atoms with Gasteiger partial charge in [0.2, 0.25) is 5.91 Å². The van der Waals surface area contributed by atoms with E-state index in [1.54, 1.807) is 4.90 Å². The van der Waals surface area contributed by atoms with Crippen molar-refractivity contribution < 1.29 is 4.79 Å². The van der Waals surface area contributed by atoms with Crippen molar-refractivity contribution in [1.82, 2.24) is 0 Å². The van der Waals surface area contributed by atoms with Crippen molar-refractivity contribution in [3.63, 3.8) is 0 Å². The summed E-state index contributed by atoms with van der Waals surface area (Å²) in [4.78, 5) is 13.4. The fraction of sp³-hybridized carbons (Fsp3) is 0.364. The van der Waals surface area contributed by atoms with E-state index in [1.807, 2.05) is 19.1 Å². The van der Waals surface area contributed by atoms with E-state index in [4.69, 9.17) is 17.3 Å². The van der Waals surface area contributed by atoms with E-state index in [9.17, 15) is 4.79 Å². The molecule has 1 aliphatic rings. The summed E-state index contributed by atoms with van der Waals surface area (Å²) in [6.45, 7) is 2.48. The van der Waals surface area contributed by atoms with Crippen molar-refractivity contribution in [2.45, 2.75) is 19.4 Å². The molecule has 1 aromatic rings. The van der Waals surface area contributed by atoms with Crippen LogP contribution < -0.4 is 10.6 Å². The largest absolute Gasteiger partial charge is 0.326 e. The van der Waals surface area contributed by atoms with Crippen LogP contribution in [0.4, 0.5) is 5.69 Å². The Morgan fingerprint density at radius 3 is 2.75 bits per heavy atom. The summed E-state index contributed by atoms with van der Waals surface area (Å²) in [6, 6.07) is 3.69. The SMILES string of the molecule is Cc1cc(Cl)c(N2CC(N)CC2=O)c(Br)c1. The minimum atomic E-state index is -0.100. The number of hydrogen-bond acceptors (Lipinski definition) is 2. The number of amides is 1. The number of halogens is 2. The van der Waals surface area contributed by atoms with Gasteiger partial charge >= 0.3 is 0 Å². The molecule has 1 amide bonds. The average Bonchev–Trinajstić information content (AvgIpc) is 2.43. The molecule has 1 fully saturated rings. The van der Waals surface area contributed by atoms with Crippen molar-refractivity contribution >= 4 is 39.1 Å². The highest BCUT2D eigenvalue weighted by molar-refractivity contribution is 9.10. The molecule has 1 aliphatic heterocycles.